The lowest BCUT2D eigenvalue weighted by atomic mass is 9.84. The monoisotopic (exact) mass is 963 g/mol. The summed E-state index contributed by atoms with van der Waals surface area (Å²) in [5.41, 5.74) is 9.49. The molecule has 0 spiro atoms. The normalized spacial score (nSPS) is 22.4. The van der Waals surface area contributed by atoms with Gasteiger partial charge in [0.05, 0.1) is 43.9 Å². The number of nitrogens with one attached hydrogen (secondary N) is 2. The van der Waals surface area contributed by atoms with E-state index in [2.05, 4.69) is 59.2 Å². The first-order valence-corrected chi connectivity index (χ1v) is 24.7. The Labute approximate surface area is 410 Å². The molecular formula is C53H70N8O9. The zero-order chi connectivity index (χ0) is 50.2. The van der Waals surface area contributed by atoms with E-state index < -0.39 is 47.2 Å². The lowest BCUT2D eigenvalue weighted by Crippen LogP contribution is -2.62. The van der Waals surface area contributed by atoms with E-state index in [9.17, 15) is 29.1 Å². The van der Waals surface area contributed by atoms with Crippen LogP contribution in [0.25, 0.3) is 33.3 Å². The van der Waals surface area contributed by atoms with Crippen molar-refractivity contribution in [2.75, 3.05) is 67.2 Å². The van der Waals surface area contributed by atoms with Gasteiger partial charge in [0.15, 0.2) is 0 Å². The molecular weight excluding hydrogens is 893 g/mol. The highest BCUT2D eigenvalue weighted by Gasteiger charge is 2.44. The quantitative estimate of drug-likeness (QED) is 0.124. The summed E-state index contributed by atoms with van der Waals surface area (Å²) >= 11 is 0. The Kier molecular flexibility index (Phi) is 15.0. The predicted molar refractivity (Wildman–Crippen MR) is 264 cm³/mol. The topological polar surface area (TPSA) is 188 Å². The van der Waals surface area contributed by atoms with Crippen molar-refractivity contribution in [2.45, 2.75) is 104 Å². The van der Waals surface area contributed by atoms with Crippen molar-refractivity contribution < 1.29 is 43.3 Å². The van der Waals surface area contributed by atoms with Crippen LogP contribution in [0.4, 0.5) is 0 Å². The van der Waals surface area contributed by atoms with Crippen LogP contribution in [0.3, 0.4) is 0 Å². The molecule has 17 heteroatoms. The van der Waals surface area contributed by atoms with Gasteiger partial charge in [0.2, 0.25) is 17.7 Å². The number of methoxy groups -OCH3 is 1. The number of carbonyl (C=O) groups is 5. The van der Waals surface area contributed by atoms with E-state index in [1.54, 1.807) is 32.5 Å². The average Bonchev–Trinajstić information content (AvgIpc) is 4.04. The van der Waals surface area contributed by atoms with E-state index >= 15 is 0 Å². The molecule has 2 aromatic carbocycles. The van der Waals surface area contributed by atoms with Gasteiger partial charge in [-0.15, -0.1) is 0 Å². The van der Waals surface area contributed by atoms with Crippen LogP contribution in [0.15, 0.2) is 54.7 Å². The molecule has 4 amide bonds. The molecule has 2 unspecified atom stereocenters. The number of aryl methyl sites for hydroxylation is 1. The third-order valence-electron chi connectivity index (χ3n) is 14.3. The largest absolute Gasteiger partial charge is 0.508 e. The highest BCUT2D eigenvalue weighted by atomic mass is 16.5. The molecule has 6 heterocycles. The van der Waals surface area contributed by atoms with Gasteiger partial charge in [0.1, 0.15) is 29.9 Å². The number of aromatic hydroxyl groups is 1. The molecule has 3 fully saturated rings. The fourth-order valence-electron chi connectivity index (χ4n) is 10.4. The third-order valence-corrected chi connectivity index (χ3v) is 14.3. The molecule has 3 N–H and O–H groups in total. The van der Waals surface area contributed by atoms with Crippen molar-refractivity contribution in [3.8, 4) is 28.1 Å². The van der Waals surface area contributed by atoms with Gasteiger partial charge in [0.25, 0.3) is 5.91 Å². The number of amides is 4. The second-order valence-corrected chi connectivity index (χ2v) is 20.8. The second kappa shape index (κ2) is 20.8. The number of hydrazine groups is 1. The SMILES string of the molecule is CCn1c(-c2cccnc2[C@H](C)OC)c2c3cc(ccc31)-c1cc(O)cc(c1)C[C@H](NC(=O)C(C(C)C)N(C)C(=O)CN(C)C(=O)[C@@H]1CN1CC1COC1)C(=O)N1CCC[C@H](N1)C(=O)OCC(C)(C)C2. The maximum Gasteiger partial charge on any atom is 0.324 e. The van der Waals surface area contributed by atoms with Crippen molar-refractivity contribution in [1.82, 2.24) is 40.0 Å². The van der Waals surface area contributed by atoms with Crippen LogP contribution in [0, 0.1) is 17.3 Å². The molecule has 0 radical (unpaired) electrons. The molecule has 376 valence electrons. The Hall–Kier alpha value is -5.88. The molecule has 4 aromatic rings. The minimum Gasteiger partial charge on any atom is -0.508 e. The average molecular weight is 963 g/mol. The molecule has 4 aliphatic heterocycles. The summed E-state index contributed by atoms with van der Waals surface area (Å²) in [4.78, 5) is 80.1. The summed E-state index contributed by atoms with van der Waals surface area (Å²) in [6.45, 7) is 15.5. The zero-order valence-corrected chi connectivity index (χ0v) is 42.1. The maximum atomic E-state index is 14.8. The first-order valence-electron chi connectivity index (χ1n) is 24.7. The van der Waals surface area contributed by atoms with Gasteiger partial charge in [-0.3, -0.25) is 38.9 Å². The number of phenols is 1. The highest BCUT2D eigenvalue weighted by Crippen LogP contribution is 2.42. The number of aromatic nitrogens is 2. The lowest BCUT2D eigenvalue weighted by Gasteiger charge is -2.37. The summed E-state index contributed by atoms with van der Waals surface area (Å²) in [6, 6.07) is 12.1. The summed E-state index contributed by atoms with van der Waals surface area (Å²) in [6.07, 6.45) is 2.93. The molecule has 70 heavy (non-hydrogen) atoms. The van der Waals surface area contributed by atoms with Gasteiger partial charge in [0, 0.05) is 87.8 Å². The summed E-state index contributed by atoms with van der Waals surface area (Å²) in [5, 5.41) is 16.7. The van der Waals surface area contributed by atoms with Crippen molar-refractivity contribution in [2.24, 2.45) is 17.3 Å². The van der Waals surface area contributed by atoms with Crippen LogP contribution in [0.2, 0.25) is 0 Å². The Morgan fingerprint density at radius 2 is 1.83 bits per heavy atom. The smallest absolute Gasteiger partial charge is 0.324 e. The maximum absolute atomic E-state index is 14.8. The van der Waals surface area contributed by atoms with Gasteiger partial charge >= 0.3 is 5.97 Å². The van der Waals surface area contributed by atoms with Gasteiger partial charge < -0.3 is 39.0 Å². The summed E-state index contributed by atoms with van der Waals surface area (Å²) < 4.78 is 19.5. The zero-order valence-electron chi connectivity index (χ0n) is 42.1. The number of rotatable bonds is 13. The minimum atomic E-state index is -1.18. The number of carbonyl (C=O) groups excluding carboxylic acids is 5. The van der Waals surface area contributed by atoms with E-state index in [0.29, 0.717) is 62.6 Å². The molecule has 0 aliphatic carbocycles. The predicted octanol–water partition coefficient (Wildman–Crippen LogP) is 4.72. The molecule has 4 aliphatic rings. The summed E-state index contributed by atoms with van der Waals surface area (Å²) in [5.74, 6) is -2.09. The van der Waals surface area contributed by atoms with Gasteiger partial charge in [-0.1, -0.05) is 39.8 Å². The van der Waals surface area contributed by atoms with Crippen LogP contribution >= 0.6 is 0 Å². The van der Waals surface area contributed by atoms with E-state index in [4.69, 9.17) is 19.2 Å². The number of esters is 1. The number of cyclic esters (lactones) is 1. The molecule has 0 saturated carbocycles. The van der Waals surface area contributed by atoms with E-state index in [0.717, 1.165) is 45.5 Å². The van der Waals surface area contributed by atoms with Crippen molar-refractivity contribution in [3.63, 3.8) is 0 Å². The van der Waals surface area contributed by atoms with Gasteiger partial charge in [-0.25, -0.2) is 5.43 Å². The van der Waals surface area contributed by atoms with E-state index in [1.165, 1.54) is 21.9 Å². The number of hydrogen-bond acceptors (Lipinski definition) is 12. The molecule has 17 nitrogen and oxygen atoms in total. The van der Waals surface area contributed by atoms with Gasteiger partial charge in [-0.05, 0) is 97.7 Å². The van der Waals surface area contributed by atoms with Crippen molar-refractivity contribution in [1.29, 1.82) is 0 Å². The van der Waals surface area contributed by atoms with Crippen molar-refractivity contribution in [3.05, 3.63) is 71.5 Å². The fourth-order valence-corrected chi connectivity index (χ4v) is 10.4. The first kappa shape index (κ1) is 50.5. The third kappa shape index (κ3) is 10.7. The molecule has 6 atom stereocenters. The second-order valence-electron chi connectivity index (χ2n) is 20.8. The van der Waals surface area contributed by atoms with Crippen LogP contribution in [-0.2, 0) is 57.6 Å². The summed E-state index contributed by atoms with van der Waals surface area (Å²) in [7, 11) is 4.81. The molecule has 3 saturated heterocycles. The lowest BCUT2D eigenvalue weighted by molar-refractivity contribution is -0.155. The van der Waals surface area contributed by atoms with Crippen LogP contribution in [0.5, 0.6) is 5.75 Å². The van der Waals surface area contributed by atoms with Crippen LogP contribution in [0.1, 0.15) is 77.3 Å². The Bertz CT molecular complexity index is 2630. The fraction of sp³-hybridized carbons (Fsp3) is 0.547. The highest BCUT2D eigenvalue weighted by molar-refractivity contribution is 5.96. The first-order chi connectivity index (χ1) is 33.4. The number of pyridine rings is 1. The standard InChI is InChI=1S/C53H70N8O9/c1-10-60-43-16-15-35-23-39(43)40(48(60)38-13-11-17-54-46(38)32(4)68-9)24-53(5,6)30-70-52(67)41-14-12-18-61(56-41)50(65)42(21-33-19-36(35)22-37(62)20-33)55-49(64)47(31(2)3)58(8)45(63)27-57(7)51(66)44-26-59(44)25-34-28-69-29-34/h11,13,15-17,19-20,22-23,31-32,34,41-42,44,47,56,62H,10,12,14,18,21,24-30H2,1-9H3,(H,55,64)/t32-,41-,42-,44-,47?,59?/m0/s1. The Morgan fingerprint density at radius 3 is 2.53 bits per heavy atom. The van der Waals surface area contributed by atoms with Crippen LogP contribution < -0.4 is 10.7 Å². The minimum absolute atomic E-state index is 0.0180. The number of nitrogens with zero attached hydrogens (tertiary/aromatic N) is 6. The number of hydrogen-bond donors (Lipinski definition) is 3. The Balaban J connectivity index is 1.13. The number of phenolic OH excluding ortho intramolecular Hbond substituents is 1. The number of likely N-dealkylation sites (N-methyl/N-ethyl adjacent to an activating group) is 2. The number of fused-ring (bicyclic) bond motifs is 6. The van der Waals surface area contributed by atoms with E-state index in [-0.39, 0.29) is 55.8 Å². The molecule has 8 rings (SSSR count). The van der Waals surface area contributed by atoms with Crippen LogP contribution in [-0.4, -0.2) is 155 Å². The van der Waals surface area contributed by atoms with Gasteiger partial charge in [-0.2, -0.15) is 0 Å². The number of ether oxygens (including phenoxy) is 3. The number of benzene rings is 2. The van der Waals surface area contributed by atoms with Crippen molar-refractivity contribution >= 4 is 40.5 Å². The Morgan fingerprint density at radius 1 is 1.06 bits per heavy atom. The molecule has 6 bridgehead atoms. The van der Waals surface area contributed by atoms with E-state index in [1.807, 2.05) is 39.0 Å². The molecule has 2 aromatic heterocycles.